The number of likely N-dealkylation sites (N-methyl/N-ethyl adjacent to an activating group) is 1. The highest BCUT2D eigenvalue weighted by molar-refractivity contribution is 6.35. The van der Waals surface area contributed by atoms with Gasteiger partial charge in [0.1, 0.15) is 0 Å². The quantitative estimate of drug-likeness (QED) is 0.338. The number of benzene rings is 2. The summed E-state index contributed by atoms with van der Waals surface area (Å²) < 4.78 is 10.7. The number of nitrogens with one attached hydrogen (secondary N) is 3. The van der Waals surface area contributed by atoms with Gasteiger partial charge in [-0.3, -0.25) is 14.4 Å². The first-order valence-corrected chi connectivity index (χ1v) is 9.20. The molecule has 3 N–H and O–H groups in total. The van der Waals surface area contributed by atoms with Crippen molar-refractivity contribution in [3.63, 3.8) is 0 Å². The summed E-state index contributed by atoms with van der Waals surface area (Å²) in [7, 11) is 2.73. The molecule has 3 amide bonds. The van der Waals surface area contributed by atoms with Crippen molar-refractivity contribution >= 4 is 52.8 Å². The molecule has 0 fully saturated rings. The fraction of sp³-hybridized carbons (Fsp3) is 0.158. The van der Waals surface area contributed by atoms with Gasteiger partial charge in [0.15, 0.2) is 18.1 Å². The number of methoxy groups -OCH3 is 1. The standard InChI is InChI=1S/C19H18Cl2N4O5/c1-22-18(27)19(28)25-23-9-11-7-14(21)17(15(8-11)29-2)30-10-16(26)24-13-5-3-12(20)4-6-13/h3-9H,10H2,1-2H3,(H,22,27)(H,24,26)(H,25,28)/b23-9-. The molecule has 0 aromatic heterocycles. The second-order valence-corrected chi connectivity index (χ2v) is 6.50. The molecule has 2 aromatic carbocycles. The van der Waals surface area contributed by atoms with Gasteiger partial charge in [0.05, 0.1) is 18.3 Å². The van der Waals surface area contributed by atoms with E-state index in [0.29, 0.717) is 16.3 Å². The van der Waals surface area contributed by atoms with Crippen molar-refractivity contribution in [2.75, 3.05) is 26.1 Å². The fourth-order valence-corrected chi connectivity index (χ4v) is 2.55. The van der Waals surface area contributed by atoms with Gasteiger partial charge in [0.25, 0.3) is 5.91 Å². The van der Waals surface area contributed by atoms with Crippen LogP contribution in [0.3, 0.4) is 0 Å². The lowest BCUT2D eigenvalue weighted by molar-refractivity contribution is -0.138. The van der Waals surface area contributed by atoms with Crippen LogP contribution in [0.5, 0.6) is 11.5 Å². The Bertz CT molecular complexity index is 964. The molecule has 0 aliphatic heterocycles. The van der Waals surface area contributed by atoms with Crippen LogP contribution in [0.15, 0.2) is 41.5 Å². The van der Waals surface area contributed by atoms with E-state index in [1.807, 2.05) is 0 Å². The minimum absolute atomic E-state index is 0.160. The van der Waals surface area contributed by atoms with E-state index in [2.05, 4.69) is 21.2 Å². The molecule has 0 atom stereocenters. The Hall–Kier alpha value is -3.30. The van der Waals surface area contributed by atoms with Crippen molar-refractivity contribution in [1.82, 2.24) is 10.7 Å². The topological polar surface area (TPSA) is 118 Å². The third-order valence-electron chi connectivity index (χ3n) is 3.54. The second kappa shape index (κ2) is 11.0. The molecule has 9 nitrogen and oxygen atoms in total. The Morgan fingerprint density at radius 2 is 1.80 bits per heavy atom. The van der Waals surface area contributed by atoms with Gasteiger partial charge in [-0.05, 0) is 42.0 Å². The summed E-state index contributed by atoms with van der Waals surface area (Å²) in [5, 5.41) is 9.21. The predicted octanol–water partition coefficient (Wildman–Crippen LogP) is 2.22. The lowest BCUT2D eigenvalue weighted by atomic mass is 10.2. The van der Waals surface area contributed by atoms with Crippen LogP contribution in [0.1, 0.15) is 5.56 Å². The Labute approximate surface area is 182 Å². The van der Waals surface area contributed by atoms with E-state index in [1.165, 1.54) is 32.5 Å². The minimum Gasteiger partial charge on any atom is -0.493 e. The number of hydrogen-bond donors (Lipinski definition) is 3. The maximum absolute atomic E-state index is 12.1. The number of anilines is 1. The molecule has 0 unspecified atom stereocenters. The van der Waals surface area contributed by atoms with E-state index >= 15 is 0 Å². The zero-order valence-electron chi connectivity index (χ0n) is 16.0. The molecular formula is C19H18Cl2N4O5. The van der Waals surface area contributed by atoms with Crippen molar-refractivity contribution in [3.8, 4) is 11.5 Å². The largest absolute Gasteiger partial charge is 0.493 e. The van der Waals surface area contributed by atoms with Crippen molar-refractivity contribution in [2.45, 2.75) is 0 Å². The lowest BCUT2D eigenvalue weighted by Gasteiger charge is -2.13. The van der Waals surface area contributed by atoms with E-state index in [0.717, 1.165) is 0 Å². The monoisotopic (exact) mass is 452 g/mol. The summed E-state index contributed by atoms with van der Waals surface area (Å²) in [5.74, 6) is -1.74. The normalized spacial score (nSPS) is 10.4. The Morgan fingerprint density at radius 3 is 2.43 bits per heavy atom. The summed E-state index contributed by atoms with van der Waals surface area (Å²) in [6.45, 7) is -0.311. The molecule has 30 heavy (non-hydrogen) atoms. The van der Waals surface area contributed by atoms with Gasteiger partial charge in [-0.1, -0.05) is 23.2 Å². The third-order valence-corrected chi connectivity index (χ3v) is 4.07. The Balaban J connectivity index is 2.02. The van der Waals surface area contributed by atoms with Gasteiger partial charge in [0.2, 0.25) is 0 Å². The maximum atomic E-state index is 12.1. The van der Waals surface area contributed by atoms with E-state index in [1.54, 1.807) is 24.3 Å². The van der Waals surface area contributed by atoms with Crippen LogP contribution in [-0.2, 0) is 14.4 Å². The molecule has 158 valence electrons. The van der Waals surface area contributed by atoms with E-state index in [-0.39, 0.29) is 23.1 Å². The maximum Gasteiger partial charge on any atom is 0.329 e. The van der Waals surface area contributed by atoms with Crippen molar-refractivity contribution in [1.29, 1.82) is 0 Å². The number of nitrogens with zero attached hydrogens (tertiary/aromatic N) is 1. The average Bonchev–Trinajstić information content (AvgIpc) is 2.73. The molecule has 11 heteroatoms. The summed E-state index contributed by atoms with van der Waals surface area (Å²) >= 11 is 12.0. The summed E-state index contributed by atoms with van der Waals surface area (Å²) in [6.07, 6.45) is 1.27. The molecule has 2 rings (SSSR count). The molecule has 2 aromatic rings. The number of hydrogen-bond acceptors (Lipinski definition) is 6. The van der Waals surface area contributed by atoms with Gasteiger partial charge in [-0.2, -0.15) is 5.10 Å². The van der Waals surface area contributed by atoms with Crippen molar-refractivity contribution in [3.05, 3.63) is 52.0 Å². The molecular weight excluding hydrogens is 435 g/mol. The molecule has 0 radical (unpaired) electrons. The van der Waals surface area contributed by atoms with Gasteiger partial charge in [0, 0.05) is 17.8 Å². The van der Waals surface area contributed by atoms with Gasteiger partial charge in [-0.25, -0.2) is 5.43 Å². The number of ether oxygens (including phenoxy) is 2. The summed E-state index contributed by atoms with van der Waals surface area (Å²) in [6, 6.07) is 9.64. The van der Waals surface area contributed by atoms with Gasteiger partial charge in [-0.15, -0.1) is 0 Å². The van der Waals surface area contributed by atoms with Crippen LogP contribution >= 0.6 is 23.2 Å². The van der Waals surface area contributed by atoms with Gasteiger partial charge >= 0.3 is 11.8 Å². The number of rotatable bonds is 7. The third kappa shape index (κ3) is 6.64. The molecule has 0 spiro atoms. The first-order valence-electron chi connectivity index (χ1n) is 8.45. The Morgan fingerprint density at radius 1 is 1.10 bits per heavy atom. The highest BCUT2D eigenvalue weighted by atomic mass is 35.5. The van der Waals surface area contributed by atoms with Crippen LogP contribution in [0, 0.1) is 0 Å². The fourth-order valence-electron chi connectivity index (χ4n) is 2.15. The van der Waals surface area contributed by atoms with Crippen LogP contribution < -0.4 is 25.5 Å². The van der Waals surface area contributed by atoms with Crippen LogP contribution in [0.25, 0.3) is 0 Å². The van der Waals surface area contributed by atoms with Crippen LogP contribution in [0.2, 0.25) is 10.0 Å². The highest BCUT2D eigenvalue weighted by Gasteiger charge is 2.14. The number of hydrazone groups is 1. The first-order chi connectivity index (χ1) is 14.3. The smallest absolute Gasteiger partial charge is 0.329 e. The van der Waals surface area contributed by atoms with Crippen LogP contribution in [-0.4, -0.2) is 44.7 Å². The average molecular weight is 453 g/mol. The van der Waals surface area contributed by atoms with Crippen LogP contribution in [0.4, 0.5) is 5.69 Å². The SMILES string of the molecule is CNC(=O)C(=O)N/N=C\c1cc(Cl)c(OCC(=O)Nc2ccc(Cl)cc2)c(OC)c1. The number of halogens is 2. The number of amides is 3. The van der Waals surface area contributed by atoms with E-state index in [9.17, 15) is 14.4 Å². The minimum atomic E-state index is -0.918. The summed E-state index contributed by atoms with van der Waals surface area (Å²) in [5.41, 5.74) is 3.09. The molecule has 0 aliphatic carbocycles. The molecule has 0 heterocycles. The van der Waals surface area contributed by atoms with Crippen molar-refractivity contribution < 1.29 is 23.9 Å². The first kappa shape index (κ1) is 23.0. The second-order valence-electron chi connectivity index (χ2n) is 5.66. The van der Waals surface area contributed by atoms with Gasteiger partial charge < -0.3 is 20.1 Å². The molecule has 0 saturated heterocycles. The highest BCUT2D eigenvalue weighted by Crippen LogP contribution is 2.36. The zero-order valence-corrected chi connectivity index (χ0v) is 17.5. The number of carbonyl (C=O) groups excluding carboxylic acids is 3. The summed E-state index contributed by atoms with van der Waals surface area (Å²) in [4.78, 5) is 34.6. The lowest BCUT2D eigenvalue weighted by Crippen LogP contribution is -2.35. The van der Waals surface area contributed by atoms with Crippen molar-refractivity contribution in [2.24, 2.45) is 5.10 Å². The number of carbonyl (C=O) groups is 3. The molecule has 0 saturated carbocycles. The molecule has 0 aliphatic rings. The Kier molecular flexibility index (Phi) is 8.45. The predicted molar refractivity (Wildman–Crippen MR) is 113 cm³/mol. The van der Waals surface area contributed by atoms with E-state index in [4.69, 9.17) is 32.7 Å². The zero-order chi connectivity index (χ0) is 22.1. The van der Waals surface area contributed by atoms with E-state index < -0.39 is 17.7 Å². The molecule has 0 bridgehead atoms.